The number of nitrogens with two attached hydrogens (primary N) is 1. The molecule has 0 aliphatic carbocycles. The number of morpholine rings is 1. The molecule has 5 nitrogen and oxygen atoms in total. The van der Waals surface area contributed by atoms with Crippen molar-refractivity contribution in [2.45, 2.75) is 39.2 Å². The van der Waals surface area contributed by atoms with Gasteiger partial charge in [0.25, 0.3) is 0 Å². The Hall–Kier alpha value is -0.650. The van der Waals surface area contributed by atoms with Gasteiger partial charge in [0.05, 0.1) is 12.7 Å². The summed E-state index contributed by atoms with van der Waals surface area (Å²) in [5.74, 6) is 0.651. The number of carbonyl (C=O) groups excluding carboxylic acids is 1. The van der Waals surface area contributed by atoms with Crippen LogP contribution in [-0.4, -0.2) is 56.2 Å². The Kier molecular flexibility index (Phi) is 8.02. The summed E-state index contributed by atoms with van der Waals surface area (Å²) in [6.07, 6.45) is 2.63. The maximum Gasteiger partial charge on any atom is 0.220 e. The highest BCUT2D eigenvalue weighted by Gasteiger charge is 2.19. The lowest BCUT2D eigenvalue weighted by Gasteiger charge is -2.32. The maximum atomic E-state index is 11.7. The van der Waals surface area contributed by atoms with Gasteiger partial charge >= 0.3 is 0 Å². The molecule has 1 aliphatic rings. The number of ether oxygens (including phenoxy) is 1. The molecule has 1 aliphatic heterocycles. The average Bonchev–Trinajstić information content (AvgIpc) is 2.43. The number of rotatable bonds is 8. The van der Waals surface area contributed by atoms with Gasteiger partial charge in [-0.1, -0.05) is 13.8 Å². The minimum Gasteiger partial charge on any atom is -0.374 e. The Bertz CT molecular complexity index is 261. The van der Waals surface area contributed by atoms with Gasteiger partial charge in [-0.15, -0.1) is 0 Å². The van der Waals surface area contributed by atoms with E-state index in [1.165, 1.54) is 0 Å². The van der Waals surface area contributed by atoms with Crippen LogP contribution in [0.25, 0.3) is 0 Å². The van der Waals surface area contributed by atoms with Crippen molar-refractivity contribution in [1.29, 1.82) is 0 Å². The van der Waals surface area contributed by atoms with Crippen molar-refractivity contribution < 1.29 is 9.53 Å². The van der Waals surface area contributed by atoms with Crippen molar-refractivity contribution in [3.8, 4) is 0 Å². The number of carbonyl (C=O) groups is 1. The van der Waals surface area contributed by atoms with Gasteiger partial charge in [-0.2, -0.15) is 0 Å². The van der Waals surface area contributed by atoms with Gasteiger partial charge in [0.15, 0.2) is 0 Å². The molecule has 3 N–H and O–H groups in total. The van der Waals surface area contributed by atoms with Crippen LogP contribution in [0, 0.1) is 5.92 Å². The molecule has 1 rings (SSSR count). The Morgan fingerprint density at radius 3 is 3.00 bits per heavy atom. The lowest BCUT2D eigenvalue weighted by atomic mass is 10.0. The number of amides is 1. The largest absolute Gasteiger partial charge is 0.374 e. The van der Waals surface area contributed by atoms with E-state index >= 15 is 0 Å². The van der Waals surface area contributed by atoms with Crippen molar-refractivity contribution in [2.24, 2.45) is 11.7 Å². The molecule has 0 radical (unpaired) electrons. The minimum absolute atomic E-state index is 0.126. The summed E-state index contributed by atoms with van der Waals surface area (Å²) in [6, 6.07) is 0. The molecule has 0 bridgehead atoms. The molecule has 1 saturated heterocycles. The molecular weight excluding hydrogens is 242 g/mol. The molecule has 0 aromatic rings. The van der Waals surface area contributed by atoms with Crippen LogP contribution >= 0.6 is 0 Å². The average molecular weight is 271 g/mol. The van der Waals surface area contributed by atoms with Crippen LogP contribution in [0.2, 0.25) is 0 Å². The predicted molar refractivity (Wildman–Crippen MR) is 76.9 cm³/mol. The summed E-state index contributed by atoms with van der Waals surface area (Å²) < 4.78 is 5.65. The molecule has 2 unspecified atom stereocenters. The highest BCUT2D eigenvalue weighted by molar-refractivity contribution is 5.75. The number of hydrogen-bond acceptors (Lipinski definition) is 4. The van der Waals surface area contributed by atoms with E-state index < -0.39 is 0 Å². The highest BCUT2D eigenvalue weighted by Crippen LogP contribution is 2.09. The molecular formula is C14H29N3O2. The smallest absolute Gasteiger partial charge is 0.220 e. The van der Waals surface area contributed by atoms with Crippen LogP contribution in [0.3, 0.4) is 0 Å². The first-order valence-corrected chi connectivity index (χ1v) is 7.46. The fraction of sp³-hybridized carbons (Fsp3) is 0.929. The maximum absolute atomic E-state index is 11.7. The second-order valence-electron chi connectivity index (χ2n) is 5.41. The third-order valence-corrected chi connectivity index (χ3v) is 3.72. The van der Waals surface area contributed by atoms with Crippen LogP contribution in [0.15, 0.2) is 0 Å². The van der Waals surface area contributed by atoms with Crippen LogP contribution in [-0.2, 0) is 9.53 Å². The molecule has 0 aromatic carbocycles. The van der Waals surface area contributed by atoms with Crippen LogP contribution in [0.1, 0.15) is 33.1 Å². The van der Waals surface area contributed by atoms with Crippen molar-refractivity contribution in [3.63, 3.8) is 0 Å². The first kappa shape index (κ1) is 16.4. The van der Waals surface area contributed by atoms with E-state index in [2.05, 4.69) is 24.1 Å². The van der Waals surface area contributed by atoms with Gasteiger partial charge in [-0.05, 0) is 31.8 Å². The zero-order valence-corrected chi connectivity index (χ0v) is 12.4. The van der Waals surface area contributed by atoms with E-state index in [1.807, 2.05) is 0 Å². The molecule has 0 saturated carbocycles. The molecule has 1 fully saturated rings. The van der Waals surface area contributed by atoms with E-state index in [-0.39, 0.29) is 12.0 Å². The number of likely N-dealkylation sites (N-methyl/N-ethyl adjacent to an activating group) is 1. The van der Waals surface area contributed by atoms with E-state index in [1.54, 1.807) is 0 Å². The van der Waals surface area contributed by atoms with Gasteiger partial charge < -0.3 is 15.8 Å². The number of nitrogens with zero attached hydrogens (tertiary/aromatic N) is 1. The Morgan fingerprint density at radius 2 is 2.32 bits per heavy atom. The van der Waals surface area contributed by atoms with Crippen molar-refractivity contribution >= 4 is 5.91 Å². The summed E-state index contributed by atoms with van der Waals surface area (Å²) in [5, 5.41) is 2.97. The van der Waals surface area contributed by atoms with Gasteiger partial charge in [-0.25, -0.2) is 0 Å². The fourth-order valence-corrected chi connectivity index (χ4v) is 2.31. The quantitative estimate of drug-likeness (QED) is 0.678. The highest BCUT2D eigenvalue weighted by atomic mass is 16.5. The molecule has 2 atom stereocenters. The second-order valence-corrected chi connectivity index (χ2v) is 5.41. The van der Waals surface area contributed by atoms with Crippen molar-refractivity contribution in [1.82, 2.24) is 10.2 Å². The normalized spacial score (nSPS) is 22.2. The van der Waals surface area contributed by atoms with Gasteiger partial charge in [0.2, 0.25) is 5.91 Å². The SMILES string of the molecule is CCN1CCOC(CNC(=O)CCC(C)CCN)C1. The second kappa shape index (κ2) is 9.28. The molecule has 0 aromatic heterocycles. The standard InChI is InChI=1S/C14H29N3O2/c1-3-17-8-9-19-13(11-17)10-16-14(18)5-4-12(2)6-7-15/h12-13H,3-11,15H2,1-2H3,(H,16,18). The molecule has 1 heterocycles. The van der Waals surface area contributed by atoms with Gasteiger partial charge in [0.1, 0.15) is 0 Å². The Labute approximate surface area is 116 Å². The van der Waals surface area contributed by atoms with Crippen LogP contribution < -0.4 is 11.1 Å². The molecule has 112 valence electrons. The van der Waals surface area contributed by atoms with Crippen LogP contribution in [0.4, 0.5) is 0 Å². The third kappa shape index (κ3) is 6.89. The Balaban J connectivity index is 2.12. The summed E-state index contributed by atoms with van der Waals surface area (Å²) >= 11 is 0. The third-order valence-electron chi connectivity index (χ3n) is 3.72. The molecule has 0 spiro atoms. The van der Waals surface area contributed by atoms with Crippen LogP contribution in [0.5, 0.6) is 0 Å². The van der Waals surface area contributed by atoms with E-state index in [4.69, 9.17) is 10.5 Å². The van der Waals surface area contributed by atoms with Gasteiger partial charge in [0, 0.05) is 26.1 Å². The summed E-state index contributed by atoms with van der Waals surface area (Å²) in [7, 11) is 0. The predicted octanol–water partition coefficient (Wildman–Crippen LogP) is 0.588. The number of nitrogens with one attached hydrogen (secondary N) is 1. The minimum atomic E-state index is 0.126. The summed E-state index contributed by atoms with van der Waals surface area (Å²) in [4.78, 5) is 14.1. The topological polar surface area (TPSA) is 67.6 Å². The molecule has 19 heavy (non-hydrogen) atoms. The summed E-state index contributed by atoms with van der Waals surface area (Å²) in [5.41, 5.74) is 5.50. The van der Waals surface area contributed by atoms with E-state index in [9.17, 15) is 4.79 Å². The van der Waals surface area contributed by atoms with Crippen molar-refractivity contribution in [3.05, 3.63) is 0 Å². The van der Waals surface area contributed by atoms with E-state index in [0.29, 0.717) is 25.4 Å². The molecule has 5 heteroatoms. The van der Waals surface area contributed by atoms with E-state index in [0.717, 1.165) is 39.1 Å². The van der Waals surface area contributed by atoms with Gasteiger partial charge in [-0.3, -0.25) is 9.69 Å². The number of hydrogen-bond donors (Lipinski definition) is 2. The van der Waals surface area contributed by atoms with Crippen molar-refractivity contribution in [2.75, 3.05) is 39.3 Å². The molecule has 1 amide bonds. The zero-order chi connectivity index (χ0) is 14.1. The summed E-state index contributed by atoms with van der Waals surface area (Å²) in [6.45, 7) is 9.35. The fourth-order valence-electron chi connectivity index (χ4n) is 2.31. The zero-order valence-electron chi connectivity index (χ0n) is 12.4. The monoisotopic (exact) mass is 271 g/mol. The first-order valence-electron chi connectivity index (χ1n) is 7.46. The first-order chi connectivity index (χ1) is 9.15. The Morgan fingerprint density at radius 1 is 1.53 bits per heavy atom. The lowest BCUT2D eigenvalue weighted by molar-refractivity contribution is -0.122. The lowest BCUT2D eigenvalue weighted by Crippen LogP contribution is -2.47.